The molecule has 1 heterocycles. The number of nitrogens with zero attached hydrogens (tertiary/aromatic N) is 1. The average molecular weight is 241 g/mol. The molecule has 0 saturated heterocycles. The number of fused-ring (bicyclic) bond motifs is 1. The van der Waals surface area contributed by atoms with Crippen molar-refractivity contribution in [2.24, 2.45) is 0 Å². The van der Waals surface area contributed by atoms with Gasteiger partial charge in [0, 0.05) is 17.0 Å². The lowest BCUT2D eigenvalue weighted by Gasteiger charge is -2.09. The number of carboxylic acids is 1. The first-order valence-corrected chi connectivity index (χ1v) is 6.36. The molecule has 3 rings (SSSR count). The van der Waals surface area contributed by atoms with Crippen LogP contribution in [0.25, 0.3) is 10.9 Å². The lowest BCUT2D eigenvalue weighted by molar-refractivity contribution is 0.0699. The van der Waals surface area contributed by atoms with E-state index in [4.69, 9.17) is 0 Å². The van der Waals surface area contributed by atoms with Crippen LogP contribution in [0.15, 0.2) is 24.3 Å². The van der Waals surface area contributed by atoms with Crippen LogP contribution in [0.4, 0.5) is 0 Å². The number of carbonyl (C=O) groups is 1. The van der Waals surface area contributed by atoms with Crippen molar-refractivity contribution in [1.82, 2.24) is 4.98 Å². The van der Waals surface area contributed by atoms with E-state index in [1.165, 1.54) is 0 Å². The third kappa shape index (κ3) is 1.76. The zero-order valence-corrected chi connectivity index (χ0v) is 10.3. The zero-order valence-electron chi connectivity index (χ0n) is 10.3. The van der Waals surface area contributed by atoms with Crippen LogP contribution in [-0.4, -0.2) is 16.1 Å². The van der Waals surface area contributed by atoms with Crippen molar-refractivity contribution in [2.45, 2.75) is 32.1 Å². The van der Waals surface area contributed by atoms with Gasteiger partial charge in [-0.05, 0) is 30.9 Å². The van der Waals surface area contributed by atoms with E-state index >= 15 is 0 Å². The second-order valence-corrected chi connectivity index (χ2v) is 4.84. The summed E-state index contributed by atoms with van der Waals surface area (Å²) in [7, 11) is 0. The van der Waals surface area contributed by atoms with Crippen molar-refractivity contribution in [2.75, 3.05) is 0 Å². The zero-order chi connectivity index (χ0) is 12.7. The van der Waals surface area contributed by atoms with Gasteiger partial charge in [-0.15, -0.1) is 0 Å². The van der Waals surface area contributed by atoms with Crippen LogP contribution in [0.2, 0.25) is 0 Å². The van der Waals surface area contributed by atoms with Crippen LogP contribution in [-0.2, 0) is 6.42 Å². The van der Waals surface area contributed by atoms with Crippen molar-refractivity contribution < 1.29 is 9.90 Å². The Labute approximate surface area is 105 Å². The van der Waals surface area contributed by atoms with Crippen molar-refractivity contribution >= 4 is 16.9 Å². The van der Waals surface area contributed by atoms with Gasteiger partial charge >= 0.3 is 5.97 Å². The predicted octanol–water partition coefficient (Wildman–Crippen LogP) is 3.37. The van der Waals surface area contributed by atoms with Gasteiger partial charge in [0.2, 0.25) is 0 Å². The predicted molar refractivity (Wildman–Crippen MR) is 70.1 cm³/mol. The van der Waals surface area contributed by atoms with E-state index in [2.05, 4.69) is 11.9 Å². The Morgan fingerprint density at radius 1 is 1.44 bits per heavy atom. The second kappa shape index (κ2) is 4.09. The minimum Gasteiger partial charge on any atom is -0.478 e. The molecule has 1 fully saturated rings. The molecule has 1 aliphatic carbocycles. The summed E-state index contributed by atoms with van der Waals surface area (Å²) in [6, 6.07) is 7.53. The number of aromatic carboxylic acids is 1. The van der Waals surface area contributed by atoms with Crippen molar-refractivity contribution in [3.05, 3.63) is 41.1 Å². The van der Waals surface area contributed by atoms with Gasteiger partial charge in [-0.3, -0.25) is 4.98 Å². The summed E-state index contributed by atoms with van der Waals surface area (Å²) in [6.07, 6.45) is 3.13. The minimum absolute atomic E-state index is 0.386. The average Bonchev–Trinajstić information content (AvgIpc) is 3.20. The molecule has 18 heavy (non-hydrogen) atoms. The third-order valence-electron chi connectivity index (χ3n) is 3.55. The molecule has 92 valence electrons. The van der Waals surface area contributed by atoms with Crippen molar-refractivity contribution in [1.29, 1.82) is 0 Å². The Balaban J connectivity index is 2.33. The van der Waals surface area contributed by atoms with Crippen LogP contribution in [0, 0.1) is 0 Å². The molecule has 0 amide bonds. The fourth-order valence-electron chi connectivity index (χ4n) is 2.38. The van der Waals surface area contributed by atoms with Gasteiger partial charge in [-0.2, -0.15) is 0 Å². The van der Waals surface area contributed by atoms with E-state index in [9.17, 15) is 9.90 Å². The minimum atomic E-state index is -0.863. The van der Waals surface area contributed by atoms with Crippen LogP contribution in [0.1, 0.15) is 47.3 Å². The van der Waals surface area contributed by atoms with Gasteiger partial charge in [0.15, 0.2) is 0 Å². The fraction of sp³-hybridized carbons (Fsp3) is 0.333. The molecule has 0 atom stereocenters. The van der Waals surface area contributed by atoms with Gasteiger partial charge in [0.1, 0.15) is 0 Å². The Bertz CT molecular complexity index is 630. The Morgan fingerprint density at radius 2 is 2.22 bits per heavy atom. The van der Waals surface area contributed by atoms with E-state index in [-0.39, 0.29) is 0 Å². The first-order chi connectivity index (χ1) is 8.70. The van der Waals surface area contributed by atoms with E-state index in [1.54, 1.807) is 6.07 Å². The molecule has 1 aliphatic rings. The lowest BCUT2D eigenvalue weighted by Crippen LogP contribution is -2.02. The van der Waals surface area contributed by atoms with Gasteiger partial charge in [-0.1, -0.05) is 25.1 Å². The van der Waals surface area contributed by atoms with Crippen LogP contribution in [0.5, 0.6) is 0 Å². The highest BCUT2D eigenvalue weighted by molar-refractivity contribution is 6.03. The summed E-state index contributed by atoms with van der Waals surface area (Å²) in [6.45, 7) is 2.07. The van der Waals surface area contributed by atoms with Gasteiger partial charge in [-0.25, -0.2) is 4.79 Å². The summed E-state index contributed by atoms with van der Waals surface area (Å²) in [5, 5.41) is 10.1. The number of benzene rings is 1. The van der Waals surface area contributed by atoms with E-state index in [1.807, 2.05) is 18.2 Å². The molecule has 3 nitrogen and oxygen atoms in total. The Kier molecular flexibility index (Phi) is 2.54. The topological polar surface area (TPSA) is 50.2 Å². The Hall–Kier alpha value is -1.90. The Morgan fingerprint density at radius 3 is 2.83 bits per heavy atom. The molecule has 0 radical (unpaired) electrons. The van der Waals surface area contributed by atoms with Crippen molar-refractivity contribution in [3.63, 3.8) is 0 Å². The fourth-order valence-corrected chi connectivity index (χ4v) is 2.38. The number of para-hydroxylation sites is 1. The molecule has 0 unspecified atom stereocenters. The molecular weight excluding hydrogens is 226 g/mol. The molecule has 0 spiro atoms. The van der Waals surface area contributed by atoms with E-state index in [0.29, 0.717) is 11.5 Å². The highest BCUT2D eigenvalue weighted by atomic mass is 16.4. The first kappa shape index (κ1) is 11.2. The third-order valence-corrected chi connectivity index (χ3v) is 3.55. The maximum absolute atomic E-state index is 11.4. The number of pyridine rings is 1. The van der Waals surface area contributed by atoms with Crippen LogP contribution < -0.4 is 0 Å². The molecule has 1 aromatic carbocycles. The second-order valence-electron chi connectivity index (χ2n) is 4.84. The number of aromatic nitrogens is 1. The number of hydrogen-bond donors (Lipinski definition) is 1. The molecule has 1 N–H and O–H groups in total. The number of carboxylic acid groups (broad SMARTS) is 1. The molecular formula is C15H15NO2. The summed E-state index contributed by atoms with van der Waals surface area (Å²) < 4.78 is 0. The molecule has 1 aromatic heterocycles. The maximum Gasteiger partial charge on any atom is 0.336 e. The molecule has 0 aliphatic heterocycles. The number of aryl methyl sites for hydroxylation is 1. The molecule has 1 saturated carbocycles. The van der Waals surface area contributed by atoms with Crippen LogP contribution >= 0.6 is 0 Å². The molecule has 3 heteroatoms. The maximum atomic E-state index is 11.4. The van der Waals surface area contributed by atoms with E-state index in [0.717, 1.165) is 41.4 Å². The van der Waals surface area contributed by atoms with Gasteiger partial charge < -0.3 is 5.11 Å². The smallest absolute Gasteiger partial charge is 0.336 e. The monoisotopic (exact) mass is 241 g/mol. The summed E-state index contributed by atoms with van der Waals surface area (Å²) in [4.78, 5) is 16.1. The van der Waals surface area contributed by atoms with Gasteiger partial charge in [0.05, 0.1) is 11.1 Å². The normalized spacial score (nSPS) is 14.9. The molecule has 2 aromatic rings. The highest BCUT2D eigenvalue weighted by Crippen LogP contribution is 2.40. The van der Waals surface area contributed by atoms with Gasteiger partial charge in [0.25, 0.3) is 0 Å². The number of hydrogen-bond acceptors (Lipinski definition) is 2. The first-order valence-electron chi connectivity index (χ1n) is 6.36. The summed E-state index contributed by atoms with van der Waals surface area (Å²) in [5.41, 5.74) is 3.32. The molecule has 0 bridgehead atoms. The van der Waals surface area contributed by atoms with Crippen molar-refractivity contribution in [3.8, 4) is 0 Å². The largest absolute Gasteiger partial charge is 0.478 e. The van der Waals surface area contributed by atoms with E-state index < -0.39 is 5.97 Å². The number of rotatable bonds is 3. The summed E-state index contributed by atoms with van der Waals surface area (Å²) in [5.74, 6) is -0.394. The highest BCUT2D eigenvalue weighted by Gasteiger charge is 2.27. The SMILES string of the molecule is CCc1cccc2c(C(=O)O)cc(C3CC3)nc12. The quantitative estimate of drug-likeness (QED) is 0.896. The summed E-state index contributed by atoms with van der Waals surface area (Å²) >= 11 is 0. The standard InChI is InChI=1S/C15H15NO2/c1-2-9-4-3-5-11-12(15(17)18)8-13(10-6-7-10)16-14(9)11/h3-5,8,10H,2,6-7H2,1H3,(H,17,18). The van der Waals surface area contributed by atoms with Crippen LogP contribution in [0.3, 0.4) is 0 Å². The lowest BCUT2D eigenvalue weighted by atomic mass is 10.0.